The summed E-state index contributed by atoms with van der Waals surface area (Å²) < 4.78 is 38.1. The van der Waals surface area contributed by atoms with E-state index in [9.17, 15) is 13.2 Å². The summed E-state index contributed by atoms with van der Waals surface area (Å²) in [6.45, 7) is -1.04. The van der Waals surface area contributed by atoms with E-state index in [1.165, 1.54) is 0 Å². The average molecular weight is 377 g/mol. The van der Waals surface area contributed by atoms with Gasteiger partial charge in [0, 0.05) is 39.6 Å². The molecule has 1 N–H and O–H groups in total. The molecule has 1 unspecified atom stereocenters. The zero-order valence-corrected chi connectivity index (χ0v) is 16.1. The highest BCUT2D eigenvalue weighted by Crippen LogP contribution is 2.22. The highest BCUT2D eigenvalue weighted by molar-refractivity contribution is 5.56. The second-order valence-electron chi connectivity index (χ2n) is 6.80. The molecule has 6 heteroatoms. The third kappa shape index (κ3) is 6.64. The topological polar surface area (TPSA) is 18.5 Å². The lowest BCUT2D eigenvalue weighted by Gasteiger charge is -2.19. The van der Waals surface area contributed by atoms with Crippen LogP contribution in [-0.2, 0) is 0 Å². The molecule has 146 valence electrons. The van der Waals surface area contributed by atoms with Gasteiger partial charge in [-0.25, -0.2) is 0 Å². The van der Waals surface area contributed by atoms with Gasteiger partial charge in [-0.15, -0.1) is 0 Å². The Bertz CT molecular complexity index is 733. The minimum Gasteiger partial charge on any atom is -0.378 e. The Morgan fingerprint density at radius 1 is 0.852 bits per heavy atom. The van der Waals surface area contributed by atoms with Crippen molar-refractivity contribution in [2.75, 3.05) is 44.5 Å². The van der Waals surface area contributed by atoms with Crippen LogP contribution in [-0.4, -0.2) is 40.9 Å². The van der Waals surface area contributed by atoms with Crippen molar-refractivity contribution < 1.29 is 13.2 Å². The normalized spacial score (nSPS) is 13.0. The van der Waals surface area contributed by atoms with E-state index in [0.717, 1.165) is 22.5 Å². The maximum absolute atomic E-state index is 12.7. The van der Waals surface area contributed by atoms with Crippen LogP contribution in [0.15, 0.2) is 54.6 Å². The fourth-order valence-electron chi connectivity index (χ4n) is 2.59. The van der Waals surface area contributed by atoms with E-state index in [1.54, 1.807) is 6.08 Å². The lowest BCUT2D eigenvalue weighted by molar-refractivity contribution is -0.125. The quantitative estimate of drug-likeness (QED) is 0.753. The van der Waals surface area contributed by atoms with Crippen molar-refractivity contribution in [3.63, 3.8) is 0 Å². The Hall–Kier alpha value is -2.47. The van der Waals surface area contributed by atoms with Gasteiger partial charge in [-0.2, -0.15) is 13.2 Å². The molecule has 3 nitrogen and oxygen atoms in total. The fraction of sp³-hybridized carbons (Fsp3) is 0.333. The molecule has 0 fully saturated rings. The number of halogens is 3. The second-order valence-corrected chi connectivity index (χ2v) is 6.80. The Morgan fingerprint density at radius 2 is 1.33 bits per heavy atom. The first-order valence-electron chi connectivity index (χ1n) is 8.69. The zero-order valence-electron chi connectivity index (χ0n) is 16.1. The van der Waals surface area contributed by atoms with Gasteiger partial charge < -0.3 is 9.80 Å². The number of benzene rings is 2. The van der Waals surface area contributed by atoms with Crippen molar-refractivity contribution in [2.45, 2.75) is 12.2 Å². The van der Waals surface area contributed by atoms with Crippen LogP contribution in [0.3, 0.4) is 0 Å². The van der Waals surface area contributed by atoms with Gasteiger partial charge in [0.15, 0.2) is 0 Å². The molecule has 0 aliphatic heterocycles. The first-order chi connectivity index (χ1) is 12.7. The monoisotopic (exact) mass is 377 g/mol. The SMILES string of the molecule is CN(C)c1ccc(/C=C/C(NCC(F)(F)F)c2ccc(N(C)C)cc2)cc1. The first kappa shape index (κ1) is 20.8. The van der Waals surface area contributed by atoms with Gasteiger partial charge in [0.05, 0.1) is 12.6 Å². The van der Waals surface area contributed by atoms with Gasteiger partial charge in [-0.3, -0.25) is 5.32 Å². The molecule has 0 spiro atoms. The molecule has 1 atom stereocenters. The maximum Gasteiger partial charge on any atom is 0.401 e. The van der Waals surface area contributed by atoms with Gasteiger partial charge in [-0.1, -0.05) is 36.4 Å². The Kier molecular flexibility index (Phi) is 6.91. The summed E-state index contributed by atoms with van der Waals surface area (Å²) in [4.78, 5) is 3.94. The lowest BCUT2D eigenvalue weighted by Crippen LogP contribution is -2.31. The van der Waals surface area contributed by atoms with E-state index in [1.807, 2.05) is 92.6 Å². The number of nitrogens with one attached hydrogen (secondary N) is 1. The van der Waals surface area contributed by atoms with Gasteiger partial charge in [-0.05, 0) is 35.4 Å². The Balaban J connectivity index is 2.20. The molecular weight excluding hydrogens is 351 g/mol. The van der Waals surface area contributed by atoms with Gasteiger partial charge in [0.25, 0.3) is 0 Å². The zero-order chi connectivity index (χ0) is 20.0. The number of alkyl halides is 3. The summed E-state index contributed by atoms with van der Waals surface area (Å²) in [5, 5.41) is 2.59. The van der Waals surface area contributed by atoms with Crippen molar-refractivity contribution in [2.24, 2.45) is 0 Å². The van der Waals surface area contributed by atoms with Crippen LogP contribution in [0.5, 0.6) is 0 Å². The maximum atomic E-state index is 12.7. The fourth-order valence-corrected chi connectivity index (χ4v) is 2.59. The summed E-state index contributed by atoms with van der Waals surface area (Å²) in [6, 6.07) is 14.8. The van der Waals surface area contributed by atoms with Crippen molar-refractivity contribution >= 4 is 17.5 Å². The minimum absolute atomic E-state index is 0.531. The van der Waals surface area contributed by atoms with Crippen LogP contribution in [0.4, 0.5) is 24.5 Å². The number of hydrogen-bond donors (Lipinski definition) is 1. The van der Waals surface area contributed by atoms with Crippen molar-refractivity contribution in [3.05, 3.63) is 65.7 Å². The number of anilines is 2. The van der Waals surface area contributed by atoms with E-state index in [-0.39, 0.29) is 0 Å². The Morgan fingerprint density at radius 3 is 1.78 bits per heavy atom. The van der Waals surface area contributed by atoms with Gasteiger partial charge in [0.1, 0.15) is 0 Å². The minimum atomic E-state index is -4.26. The Labute approximate surface area is 159 Å². The summed E-state index contributed by atoms with van der Waals surface area (Å²) in [5.41, 5.74) is 3.78. The molecule has 0 aliphatic rings. The molecule has 0 aromatic heterocycles. The molecular formula is C21H26F3N3. The standard InChI is InChI=1S/C21H26F3N3/c1-26(2)18-10-5-16(6-11-18)7-14-20(25-15-21(22,23)24)17-8-12-19(13-9-17)27(3)4/h5-14,20,25H,15H2,1-4H3/b14-7+. The predicted molar refractivity (Wildman–Crippen MR) is 107 cm³/mol. The molecule has 0 aliphatic carbocycles. The van der Waals surface area contributed by atoms with E-state index in [2.05, 4.69) is 5.32 Å². The third-order valence-corrected chi connectivity index (χ3v) is 4.18. The van der Waals surface area contributed by atoms with Crippen molar-refractivity contribution in [3.8, 4) is 0 Å². The van der Waals surface area contributed by atoms with Gasteiger partial charge >= 0.3 is 6.18 Å². The highest BCUT2D eigenvalue weighted by Gasteiger charge is 2.27. The molecule has 0 saturated heterocycles. The largest absolute Gasteiger partial charge is 0.401 e. The van der Waals surface area contributed by atoms with E-state index >= 15 is 0 Å². The van der Waals surface area contributed by atoms with E-state index in [4.69, 9.17) is 0 Å². The molecule has 2 aromatic carbocycles. The lowest BCUT2D eigenvalue weighted by atomic mass is 10.0. The number of rotatable bonds is 7. The van der Waals surface area contributed by atoms with Crippen LogP contribution in [0.1, 0.15) is 17.2 Å². The smallest absolute Gasteiger partial charge is 0.378 e. The van der Waals surface area contributed by atoms with Crippen LogP contribution in [0.2, 0.25) is 0 Å². The summed E-state index contributed by atoms with van der Waals surface area (Å²) in [5.74, 6) is 0. The molecule has 0 bridgehead atoms. The molecule has 27 heavy (non-hydrogen) atoms. The summed E-state index contributed by atoms with van der Waals surface area (Å²) >= 11 is 0. The van der Waals surface area contributed by atoms with E-state index < -0.39 is 18.8 Å². The predicted octanol–water partition coefficient (Wildman–Crippen LogP) is 4.73. The average Bonchev–Trinajstić information content (AvgIpc) is 2.61. The van der Waals surface area contributed by atoms with Crippen LogP contribution in [0, 0.1) is 0 Å². The molecule has 0 radical (unpaired) electrons. The molecule has 0 heterocycles. The number of hydrogen-bond acceptors (Lipinski definition) is 3. The summed E-state index contributed by atoms with van der Waals surface area (Å²) in [7, 11) is 7.76. The third-order valence-electron chi connectivity index (χ3n) is 4.18. The number of nitrogens with zero attached hydrogens (tertiary/aromatic N) is 2. The van der Waals surface area contributed by atoms with Crippen LogP contribution in [0.25, 0.3) is 6.08 Å². The molecule has 0 saturated carbocycles. The van der Waals surface area contributed by atoms with Crippen LogP contribution >= 0.6 is 0 Å². The second kappa shape index (κ2) is 8.95. The molecule has 2 aromatic rings. The van der Waals surface area contributed by atoms with Crippen molar-refractivity contribution in [1.82, 2.24) is 5.32 Å². The van der Waals surface area contributed by atoms with Crippen molar-refractivity contribution in [1.29, 1.82) is 0 Å². The highest BCUT2D eigenvalue weighted by atomic mass is 19.4. The first-order valence-corrected chi connectivity index (χ1v) is 8.69. The molecule has 2 rings (SSSR count). The molecule has 0 amide bonds. The van der Waals surface area contributed by atoms with Gasteiger partial charge in [0.2, 0.25) is 0 Å². The van der Waals surface area contributed by atoms with Crippen LogP contribution < -0.4 is 15.1 Å². The summed E-state index contributed by atoms with van der Waals surface area (Å²) in [6.07, 6.45) is -0.655. The van der Waals surface area contributed by atoms with E-state index in [0.29, 0.717) is 0 Å².